The number of para-hydroxylation sites is 1. The van der Waals surface area contributed by atoms with E-state index in [9.17, 15) is 9.90 Å². The molecule has 4 nitrogen and oxygen atoms in total. The van der Waals surface area contributed by atoms with Crippen LogP contribution in [-0.2, 0) is 0 Å². The molecule has 0 aliphatic carbocycles. The Morgan fingerprint density at radius 1 is 1.04 bits per heavy atom. The Bertz CT molecular complexity index is 762. The number of rotatable bonds is 6. The van der Waals surface area contributed by atoms with Crippen LogP contribution in [0.4, 0.5) is 0 Å². The lowest BCUT2D eigenvalue weighted by Gasteiger charge is -2.26. The molecule has 0 aliphatic rings. The largest absolute Gasteiger partial charge is 0.507 e. The molecule has 6 heteroatoms. The van der Waals surface area contributed by atoms with Gasteiger partial charge in [0.1, 0.15) is 11.5 Å². The second-order valence-corrected chi connectivity index (χ2v) is 7.63. The van der Waals surface area contributed by atoms with Gasteiger partial charge in [-0.05, 0) is 42.2 Å². The molecule has 0 fully saturated rings. The SMILES string of the molecule is CC(C)C(NC(=O)c1cc(Oc2c(Cl)cccc2Cl)ccc1O)C(C)C. The Kier molecular flexibility index (Phi) is 6.79. The molecule has 2 aromatic carbocycles. The summed E-state index contributed by atoms with van der Waals surface area (Å²) in [6.45, 7) is 8.18. The van der Waals surface area contributed by atoms with Crippen LogP contribution in [0.1, 0.15) is 38.1 Å². The maximum absolute atomic E-state index is 12.6. The van der Waals surface area contributed by atoms with E-state index in [2.05, 4.69) is 5.32 Å². The summed E-state index contributed by atoms with van der Waals surface area (Å²) in [5.74, 6) is 0.714. The second-order valence-electron chi connectivity index (χ2n) is 6.82. The third-order valence-corrected chi connectivity index (χ3v) is 4.68. The fraction of sp³-hybridized carbons (Fsp3) is 0.350. The number of phenolic OH excluding ortho intramolecular Hbond substituents is 1. The summed E-state index contributed by atoms with van der Waals surface area (Å²) in [5.41, 5.74) is 0.136. The van der Waals surface area contributed by atoms with Gasteiger partial charge < -0.3 is 15.2 Å². The van der Waals surface area contributed by atoms with Gasteiger partial charge in [0.25, 0.3) is 5.91 Å². The van der Waals surface area contributed by atoms with Crippen LogP contribution in [-0.4, -0.2) is 17.1 Å². The molecule has 140 valence electrons. The summed E-state index contributed by atoms with van der Waals surface area (Å²) in [4.78, 5) is 12.6. The molecule has 0 atom stereocenters. The number of benzene rings is 2. The van der Waals surface area contributed by atoms with Crippen LogP contribution in [0.15, 0.2) is 36.4 Å². The maximum Gasteiger partial charge on any atom is 0.255 e. The van der Waals surface area contributed by atoms with Gasteiger partial charge in [-0.3, -0.25) is 4.79 Å². The number of halogens is 2. The van der Waals surface area contributed by atoms with Gasteiger partial charge in [-0.25, -0.2) is 0 Å². The zero-order valence-corrected chi connectivity index (χ0v) is 16.7. The molecule has 0 spiro atoms. The predicted octanol–water partition coefficient (Wildman–Crippen LogP) is 5.90. The molecule has 1 amide bonds. The van der Waals surface area contributed by atoms with Gasteiger partial charge in [0, 0.05) is 6.04 Å². The molecule has 2 aromatic rings. The highest BCUT2D eigenvalue weighted by Gasteiger charge is 2.22. The Morgan fingerprint density at radius 2 is 1.62 bits per heavy atom. The average Bonchev–Trinajstić information content (AvgIpc) is 2.56. The summed E-state index contributed by atoms with van der Waals surface area (Å²) in [7, 11) is 0. The average molecular weight is 396 g/mol. The highest BCUT2D eigenvalue weighted by atomic mass is 35.5. The van der Waals surface area contributed by atoms with Crippen LogP contribution in [0.2, 0.25) is 10.0 Å². The first-order valence-corrected chi connectivity index (χ1v) is 9.22. The summed E-state index contributed by atoms with van der Waals surface area (Å²) in [6, 6.07) is 9.46. The fourth-order valence-corrected chi connectivity index (χ4v) is 3.27. The number of nitrogens with one attached hydrogen (secondary N) is 1. The molecule has 0 bridgehead atoms. The van der Waals surface area contributed by atoms with Gasteiger partial charge >= 0.3 is 0 Å². The molecular weight excluding hydrogens is 373 g/mol. The summed E-state index contributed by atoms with van der Waals surface area (Å²) in [5, 5.41) is 13.8. The van der Waals surface area contributed by atoms with Crippen molar-refractivity contribution in [3.05, 3.63) is 52.0 Å². The number of carbonyl (C=O) groups excluding carboxylic acids is 1. The van der Waals surface area contributed by atoms with Crippen LogP contribution in [0.25, 0.3) is 0 Å². The summed E-state index contributed by atoms with van der Waals surface area (Å²) in [6.07, 6.45) is 0. The number of phenols is 1. The van der Waals surface area contributed by atoms with E-state index in [0.29, 0.717) is 21.5 Å². The minimum absolute atomic E-state index is 0.00973. The van der Waals surface area contributed by atoms with Crippen LogP contribution >= 0.6 is 23.2 Å². The number of ether oxygens (including phenoxy) is 1. The topological polar surface area (TPSA) is 58.6 Å². The summed E-state index contributed by atoms with van der Waals surface area (Å²) < 4.78 is 5.73. The first-order chi connectivity index (χ1) is 12.2. The van der Waals surface area contributed by atoms with Crippen LogP contribution < -0.4 is 10.1 Å². The Hall–Kier alpha value is -1.91. The van der Waals surface area contributed by atoms with Crippen molar-refractivity contribution in [2.45, 2.75) is 33.7 Å². The molecule has 0 heterocycles. The zero-order valence-electron chi connectivity index (χ0n) is 15.2. The normalized spacial score (nSPS) is 11.3. The molecule has 0 aliphatic heterocycles. The van der Waals surface area contributed by atoms with Crippen molar-refractivity contribution in [2.75, 3.05) is 0 Å². The smallest absolute Gasteiger partial charge is 0.255 e. The van der Waals surface area contributed by atoms with Gasteiger partial charge in [-0.15, -0.1) is 0 Å². The van der Waals surface area contributed by atoms with Crippen molar-refractivity contribution >= 4 is 29.1 Å². The summed E-state index contributed by atoms with van der Waals surface area (Å²) >= 11 is 12.2. The van der Waals surface area contributed by atoms with E-state index in [1.165, 1.54) is 12.1 Å². The third kappa shape index (κ3) is 4.83. The molecular formula is C20H23Cl2NO3. The molecule has 0 unspecified atom stereocenters. The second kappa shape index (κ2) is 8.65. The molecule has 2 N–H and O–H groups in total. The number of amides is 1. The van der Waals surface area contributed by atoms with Gasteiger partial charge in [0.05, 0.1) is 15.6 Å². The van der Waals surface area contributed by atoms with E-state index in [1.54, 1.807) is 24.3 Å². The number of aromatic hydroxyl groups is 1. The monoisotopic (exact) mass is 395 g/mol. The van der Waals surface area contributed by atoms with Crippen molar-refractivity contribution in [3.63, 3.8) is 0 Å². The van der Waals surface area contributed by atoms with Crippen molar-refractivity contribution in [1.29, 1.82) is 0 Å². The van der Waals surface area contributed by atoms with E-state index >= 15 is 0 Å². The van der Waals surface area contributed by atoms with E-state index in [4.69, 9.17) is 27.9 Å². The van der Waals surface area contributed by atoms with Gasteiger partial charge in [0.15, 0.2) is 5.75 Å². The van der Waals surface area contributed by atoms with E-state index in [1.807, 2.05) is 27.7 Å². The highest BCUT2D eigenvalue weighted by molar-refractivity contribution is 6.37. The van der Waals surface area contributed by atoms with Crippen LogP contribution in [0.5, 0.6) is 17.2 Å². The molecule has 26 heavy (non-hydrogen) atoms. The number of carbonyl (C=O) groups is 1. The van der Waals surface area contributed by atoms with Gasteiger partial charge in [0.2, 0.25) is 0 Å². The van der Waals surface area contributed by atoms with E-state index in [0.717, 1.165) is 0 Å². The lowest BCUT2D eigenvalue weighted by atomic mass is 9.93. The molecule has 0 saturated carbocycles. The van der Waals surface area contributed by atoms with Crippen LogP contribution in [0, 0.1) is 11.8 Å². The Labute approximate surface area is 164 Å². The van der Waals surface area contributed by atoms with Crippen molar-refractivity contribution in [1.82, 2.24) is 5.32 Å². The Balaban J connectivity index is 2.28. The lowest BCUT2D eigenvalue weighted by Crippen LogP contribution is -2.42. The maximum atomic E-state index is 12.6. The van der Waals surface area contributed by atoms with Crippen molar-refractivity contribution in [3.8, 4) is 17.2 Å². The van der Waals surface area contributed by atoms with Crippen LogP contribution in [0.3, 0.4) is 0 Å². The molecule has 2 rings (SSSR count). The van der Waals surface area contributed by atoms with Crippen molar-refractivity contribution < 1.29 is 14.6 Å². The lowest BCUT2D eigenvalue weighted by molar-refractivity contribution is 0.0907. The molecule has 0 aromatic heterocycles. The highest BCUT2D eigenvalue weighted by Crippen LogP contribution is 2.37. The zero-order chi connectivity index (χ0) is 19.4. The van der Waals surface area contributed by atoms with E-state index < -0.39 is 0 Å². The Morgan fingerprint density at radius 3 is 2.15 bits per heavy atom. The first kappa shape index (κ1) is 20.4. The van der Waals surface area contributed by atoms with Crippen molar-refractivity contribution in [2.24, 2.45) is 11.8 Å². The van der Waals surface area contributed by atoms with E-state index in [-0.39, 0.29) is 35.1 Å². The standard InChI is InChI=1S/C20H23Cl2NO3/c1-11(2)18(12(3)4)23-20(25)14-10-13(8-9-17(14)24)26-19-15(21)6-5-7-16(19)22/h5-12,18,24H,1-4H3,(H,23,25). The quantitative estimate of drug-likeness (QED) is 0.639. The third-order valence-electron chi connectivity index (χ3n) is 4.09. The fourth-order valence-electron chi connectivity index (χ4n) is 2.79. The minimum atomic E-state index is -0.356. The minimum Gasteiger partial charge on any atom is -0.507 e. The number of hydrogen-bond donors (Lipinski definition) is 2. The molecule has 0 saturated heterocycles. The first-order valence-electron chi connectivity index (χ1n) is 8.46. The predicted molar refractivity (Wildman–Crippen MR) is 106 cm³/mol. The van der Waals surface area contributed by atoms with Gasteiger partial charge in [-0.2, -0.15) is 0 Å². The molecule has 0 radical (unpaired) electrons. The number of hydrogen-bond acceptors (Lipinski definition) is 3. The van der Waals surface area contributed by atoms with Gasteiger partial charge in [-0.1, -0.05) is 57.0 Å².